The molecule has 1 aliphatic heterocycles. The van der Waals surface area contributed by atoms with Gasteiger partial charge in [-0.3, -0.25) is 10.1 Å². The van der Waals surface area contributed by atoms with E-state index in [4.69, 9.17) is 0 Å². The van der Waals surface area contributed by atoms with Crippen LogP contribution < -0.4 is 5.32 Å². The van der Waals surface area contributed by atoms with Crippen LogP contribution in [0.5, 0.6) is 0 Å². The molecule has 0 spiro atoms. The summed E-state index contributed by atoms with van der Waals surface area (Å²) in [7, 11) is 0. The van der Waals surface area contributed by atoms with Crippen molar-refractivity contribution < 1.29 is 35.7 Å². The molecule has 0 bridgehead atoms. The largest absolute Gasteiger partial charge is 0.446 e. The van der Waals surface area contributed by atoms with Gasteiger partial charge in [0.1, 0.15) is 17.3 Å². The second-order valence-corrected chi connectivity index (χ2v) is 8.68. The second kappa shape index (κ2) is 6.85. The first-order valence-electron chi connectivity index (χ1n) is 9.48. The summed E-state index contributed by atoms with van der Waals surface area (Å²) >= 11 is 0. The fourth-order valence-electron chi connectivity index (χ4n) is 4.51. The zero-order valence-electron chi connectivity index (χ0n) is 17.0. The molecule has 1 aromatic rings. The molecule has 9 heteroatoms. The van der Waals surface area contributed by atoms with Crippen LogP contribution in [0.15, 0.2) is 41.6 Å². The van der Waals surface area contributed by atoms with E-state index in [2.05, 4.69) is 0 Å². The molecular formula is C21H23F6N2O+. The molecule has 3 nitrogen and oxygen atoms in total. The Hall–Kier alpha value is -2.32. The Morgan fingerprint density at radius 2 is 1.53 bits per heavy atom. The Morgan fingerprint density at radius 3 is 2.03 bits per heavy atom. The Bertz CT molecular complexity index is 911. The first-order chi connectivity index (χ1) is 13.6. The number of ketones is 1. The molecule has 164 valence electrons. The van der Waals surface area contributed by atoms with Crippen LogP contribution in [0.3, 0.4) is 0 Å². The van der Waals surface area contributed by atoms with Crippen molar-refractivity contribution in [3.63, 3.8) is 0 Å². The number of benzene rings is 1. The van der Waals surface area contributed by atoms with Gasteiger partial charge in [-0.05, 0) is 17.9 Å². The number of hydrogen-bond acceptors (Lipinski definition) is 2. The molecule has 0 saturated heterocycles. The van der Waals surface area contributed by atoms with E-state index >= 15 is 0 Å². The topological polar surface area (TPSA) is 32.1 Å². The fraction of sp³-hybridized carbons (Fsp3) is 0.524. The van der Waals surface area contributed by atoms with Crippen molar-refractivity contribution in [1.29, 1.82) is 0 Å². The highest BCUT2D eigenvalue weighted by molar-refractivity contribution is 6.01. The average molecular weight is 433 g/mol. The van der Waals surface area contributed by atoms with Gasteiger partial charge in [0.25, 0.3) is 0 Å². The van der Waals surface area contributed by atoms with E-state index in [9.17, 15) is 31.1 Å². The van der Waals surface area contributed by atoms with Crippen molar-refractivity contribution >= 4 is 11.6 Å². The summed E-state index contributed by atoms with van der Waals surface area (Å²) in [6.45, 7) is 6.20. The van der Waals surface area contributed by atoms with Gasteiger partial charge in [0.15, 0.2) is 5.78 Å². The van der Waals surface area contributed by atoms with E-state index in [1.165, 1.54) is 11.5 Å². The van der Waals surface area contributed by atoms with E-state index in [0.717, 1.165) is 0 Å². The molecule has 1 N–H and O–H groups in total. The highest BCUT2D eigenvalue weighted by Crippen LogP contribution is 2.54. The van der Waals surface area contributed by atoms with E-state index in [1.54, 1.807) is 56.4 Å². The fourth-order valence-corrected chi connectivity index (χ4v) is 4.51. The van der Waals surface area contributed by atoms with E-state index in [0.29, 0.717) is 5.56 Å². The van der Waals surface area contributed by atoms with Crippen molar-refractivity contribution in [1.82, 2.24) is 5.32 Å². The van der Waals surface area contributed by atoms with Crippen LogP contribution in [0.4, 0.5) is 26.3 Å². The van der Waals surface area contributed by atoms with Gasteiger partial charge in [-0.25, -0.2) is 4.58 Å². The second-order valence-electron chi connectivity index (χ2n) is 8.68. The number of carbonyl (C=O) groups excluding carboxylic acids is 1. The highest BCUT2D eigenvalue weighted by Gasteiger charge is 2.80. The smallest absolute Gasteiger partial charge is 0.294 e. The summed E-state index contributed by atoms with van der Waals surface area (Å²) in [6, 6.07) is 8.13. The number of amidine groups is 1. The maximum absolute atomic E-state index is 14.1. The molecule has 0 saturated carbocycles. The number of halogens is 6. The third-order valence-corrected chi connectivity index (χ3v) is 5.77. The van der Waals surface area contributed by atoms with Crippen LogP contribution in [0.2, 0.25) is 0 Å². The molecular weight excluding hydrogens is 410 g/mol. The van der Waals surface area contributed by atoms with Gasteiger partial charge in [0.2, 0.25) is 5.84 Å². The zero-order chi connectivity index (χ0) is 22.7. The molecule has 1 heterocycles. The van der Waals surface area contributed by atoms with Gasteiger partial charge < -0.3 is 0 Å². The quantitative estimate of drug-likeness (QED) is 0.508. The van der Waals surface area contributed by atoms with Crippen LogP contribution in [-0.4, -0.2) is 34.1 Å². The predicted molar refractivity (Wildman–Crippen MR) is 98.8 cm³/mol. The van der Waals surface area contributed by atoms with Crippen LogP contribution in [0.25, 0.3) is 0 Å². The van der Waals surface area contributed by atoms with Crippen molar-refractivity contribution in [2.75, 3.05) is 0 Å². The standard InChI is InChI=1S/C21H22F6N2O/c1-12(14-8-6-5-7-9-14)29-13(2)28-19(20(22,23)24,21(25,26)27)17-15(29)10-18(3,4)11-16(17)30/h5-9,12H,10-11H2,1-4H3/p+1/t12-/m0/s1. The summed E-state index contributed by atoms with van der Waals surface area (Å²) in [5.74, 6) is -1.44. The lowest BCUT2D eigenvalue weighted by Gasteiger charge is -2.44. The number of carbonyl (C=O) groups is 1. The minimum atomic E-state index is -5.76. The normalized spacial score (nSPS) is 22.5. The molecule has 0 fully saturated rings. The highest BCUT2D eigenvalue weighted by atomic mass is 19.4. The Morgan fingerprint density at radius 1 is 1.00 bits per heavy atom. The number of nitrogens with zero attached hydrogens (tertiary/aromatic N) is 1. The van der Waals surface area contributed by atoms with Crippen LogP contribution in [0.1, 0.15) is 52.1 Å². The summed E-state index contributed by atoms with van der Waals surface area (Å²) in [5.41, 5.74) is -5.97. The minimum absolute atomic E-state index is 0.0851. The Labute approximate surface area is 170 Å². The predicted octanol–water partition coefficient (Wildman–Crippen LogP) is 5.29. The molecule has 0 amide bonds. The molecule has 2 aliphatic rings. The van der Waals surface area contributed by atoms with Gasteiger partial charge >= 0.3 is 17.9 Å². The summed E-state index contributed by atoms with van der Waals surface area (Å²) in [6.07, 6.45) is -12.0. The number of Topliss-reactive ketones (excluding diaryl/α,β-unsaturated/α-hetero) is 1. The molecule has 0 radical (unpaired) electrons. The maximum Gasteiger partial charge on any atom is 0.446 e. The third-order valence-electron chi connectivity index (χ3n) is 5.77. The maximum atomic E-state index is 14.1. The first-order valence-corrected chi connectivity index (χ1v) is 9.48. The van der Waals surface area contributed by atoms with Crippen LogP contribution >= 0.6 is 0 Å². The lowest BCUT2D eigenvalue weighted by atomic mass is 9.69. The minimum Gasteiger partial charge on any atom is -0.294 e. The number of allylic oxidation sites excluding steroid dienone is 1. The Balaban J connectivity index is 2.35. The molecule has 0 unspecified atom stereocenters. The first kappa shape index (κ1) is 22.4. The monoisotopic (exact) mass is 433 g/mol. The van der Waals surface area contributed by atoms with Crippen LogP contribution in [-0.2, 0) is 4.79 Å². The van der Waals surface area contributed by atoms with E-state index in [1.807, 2.05) is 0 Å². The SMILES string of the molecule is CC1=[N+]([C@@H](C)c2ccccc2)C2=C(C(=O)CC(C)(C)C2)C(C(F)(F)F)(C(F)(F)F)N1. The van der Waals surface area contributed by atoms with Gasteiger partial charge in [-0.15, -0.1) is 0 Å². The van der Waals surface area contributed by atoms with Gasteiger partial charge in [0, 0.05) is 19.8 Å². The van der Waals surface area contributed by atoms with E-state index in [-0.39, 0.29) is 18.0 Å². The lowest BCUT2D eigenvalue weighted by molar-refractivity contribution is -0.534. The number of alkyl halides is 6. The van der Waals surface area contributed by atoms with Crippen LogP contribution in [0, 0.1) is 5.41 Å². The van der Waals surface area contributed by atoms with Gasteiger partial charge in [0.05, 0.1) is 0 Å². The van der Waals surface area contributed by atoms with E-state index < -0.39 is 47.1 Å². The van der Waals surface area contributed by atoms with Gasteiger partial charge in [-0.1, -0.05) is 44.2 Å². The lowest BCUT2D eigenvalue weighted by Crippen LogP contribution is -2.72. The zero-order valence-corrected chi connectivity index (χ0v) is 17.0. The molecule has 0 aromatic heterocycles. The summed E-state index contributed by atoms with van der Waals surface area (Å²) in [4.78, 5) is 12.8. The summed E-state index contributed by atoms with van der Waals surface area (Å²) < 4.78 is 85.7. The third kappa shape index (κ3) is 3.32. The average Bonchev–Trinajstić information content (AvgIpc) is 2.58. The molecule has 1 aromatic carbocycles. The van der Waals surface area contributed by atoms with Gasteiger partial charge in [-0.2, -0.15) is 26.3 Å². The van der Waals surface area contributed by atoms with Crippen molar-refractivity contribution in [3.05, 3.63) is 47.2 Å². The number of nitrogens with one attached hydrogen (secondary N) is 1. The molecule has 1 aliphatic carbocycles. The van der Waals surface area contributed by atoms with Crippen molar-refractivity contribution in [3.8, 4) is 0 Å². The Kier molecular flexibility index (Phi) is 5.11. The van der Waals surface area contributed by atoms with Crippen molar-refractivity contribution in [2.45, 2.75) is 64.5 Å². The molecule has 30 heavy (non-hydrogen) atoms. The molecule has 3 rings (SSSR count). The summed E-state index contributed by atoms with van der Waals surface area (Å²) in [5, 5.41) is 1.68. The number of hydrogen-bond donors (Lipinski definition) is 1. The van der Waals surface area contributed by atoms with Crippen molar-refractivity contribution in [2.24, 2.45) is 5.41 Å². The number of rotatable bonds is 2. The molecule has 1 atom stereocenters.